The molecular formula is C13H11N5O2. The standard InChI is InChI=1S/C13H11N5O2/c1-8-10(6-14)15-16-18(8)9-3-4-11-12(5-9)20-7-13(19)17(11)2/h3-5H,7H2,1-2H3. The van der Waals surface area contributed by atoms with Gasteiger partial charge in [-0.15, -0.1) is 5.10 Å². The highest BCUT2D eigenvalue weighted by molar-refractivity contribution is 5.97. The Bertz CT molecular complexity index is 744. The number of aromatic nitrogens is 3. The van der Waals surface area contributed by atoms with Crippen molar-refractivity contribution in [3.8, 4) is 17.5 Å². The number of hydrogen-bond acceptors (Lipinski definition) is 5. The minimum absolute atomic E-state index is 0.0206. The van der Waals surface area contributed by atoms with Gasteiger partial charge >= 0.3 is 0 Å². The highest BCUT2D eigenvalue weighted by Crippen LogP contribution is 2.33. The van der Waals surface area contributed by atoms with Gasteiger partial charge in [-0.3, -0.25) is 4.79 Å². The van der Waals surface area contributed by atoms with E-state index in [4.69, 9.17) is 10.00 Å². The molecule has 0 unspecified atom stereocenters. The van der Waals surface area contributed by atoms with E-state index in [1.54, 1.807) is 41.8 Å². The van der Waals surface area contributed by atoms with Gasteiger partial charge in [-0.1, -0.05) is 5.21 Å². The zero-order valence-corrected chi connectivity index (χ0v) is 11.0. The third kappa shape index (κ3) is 1.70. The second-order valence-corrected chi connectivity index (χ2v) is 4.44. The third-order valence-electron chi connectivity index (χ3n) is 3.28. The molecule has 3 rings (SSSR count). The summed E-state index contributed by atoms with van der Waals surface area (Å²) in [6.45, 7) is 1.79. The largest absolute Gasteiger partial charge is 0.481 e. The van der Waals surface area contributed by atoms with E-state index in [1.807, 2.05) is 6.07 Å². The number of likely N-dealkylation sites (N-methyl/N-ethyl adjacent to an activating group) is 1. The van der Waals surface area contributed by atoms with E-state index >= 15 is 0 Å². The van der Waals surface area contributed by atoms with Crippen LogP contribution in [0.4, 0.5) is 5.69 Å². The molecule has 1 aliphatic rings. The Morgan fingerprint density at radius 2 is 2.25 bits per heavy atom. The van der Waals surface area contributed by atoms with Gasteiger partial charge in [0.15, 0.2) is 12.3 Å². The molecule has 1 aromatic carbocycles. The van der Waals surface area contributed by atoms with Crippen LogP contribution in [0, 0.1) is 18.3 Å². The second kappa shape index (κ2) is 4.35. The molecule has 2 heterocycles. The van der Waals surface area contributed by atoms with Crippen LogP contribution < -0.4 is 9.64 Å². The molecule has 7 heteroatoms. The van der Waals surface area contributed by atoms with Gasteiger partial charge in [0, 0.05) is 13.1 Å². The third-order valence-corrected chi connectivity index (χ3v) is 3.28. The molecule has 2 aromatic rings. The molecule has 0 spiro atoms. The lowest BCUT2D eigenvalue weighted by Crippen LogP contribution is -2.35. The fourth-order valence-corrected chi connectivity index (χ4v) is 2.08. The Hall–Kier alpha value is -2.88. The maximum atomic E-state index is 11.5. The van der Waals surface area contributed by atoms with Crippen molar-refractivity contribution < 1.29 is 9.53 Å². The number of nitrogens with zero attached hydrogens (tertiary/aromatic N) is 5. The molecule has 0 aliphatic carbocycles. The average Bonchev–Trinajstić information content (AvgIpc) is 2.83. The van der Waals surface area contributed by atoms with Gasteiger partial charge in [-0.05, 0) is 19.1 Å². The Labute approximate surface area is 115 Å². The van der Waals surface area contributed by atoms with Crippen LogP contribution in [-0.2, 0) is 4.79 Å². The Morgan fingerprint density at radius 3 is 2.95 bits per heavy atom. The molecule has 0 bridgehead atoms. The van der Waals surface area contributed by atoms with Crippen molar-refractivity contribution in [2.75, 3.05) is 18.6 Å². The lowest BCUT2D eigenvalue weighted by Gasteiger charge is -2.26. The number of carbonyl (C=O) groups excluding carboxylic acids is 1. The van der Waals surface area contributed by atoms with Crippen LogP contribution >= 0.6 is 0 Å². The predicted molar refractivity (Wildman–Crippen MR) is 69.7 cm³/mol. The number of carbonyl (C=O) groups is 1. The smallest absolute Gasteiger partial charge is 0.264 e. The number of rotatable bonds is 1. The van der Waals surface area contributed by atoms with Crippen molar-refractivity contribution in [3.05, 3.63) is 29.6 Å². The Morgan fingerprint density at radius 1 is 1.45 bits per heavy atom. The maximum absolute atomic E-state index is 11.5. The number of nitriles is 1. The van der Waals surface area contributed by atoms with Crippen LogP contribution in [0.3, 0.4) is 0 Å². The average molecular weight is 269 g/mol. The zero-order valence-electron chi connectivity index (χ0n) is 11.0. The molecule has 20 heavy (non-hydrogen) atoms. The van der Waals surface area contributed by atoms with Crippen molar-refractivity contribution >= 4 is 11.6 Å². The summed E-state index contributed by atoms with van der Waals surface area (Å²) in [6.07, 6.45) is 0. The Kier molecular flexibility index (Phi) is 2.64. The normalized spacial score (nSPS) is 13.7. The summed E-state index contributed by atoms with van der Waals surface area (Å²) in [5, 5.41) is 16.6. The summed E-state index contributed by atoms with van der Waals surface area (Å²) in [5.74, 6) is 0.520. The first-order chi connectivity index (χ1) is 9.61. The molecule has 0 radical (unpaired) electrons. The van der Waals surface area contributed by atoms with E-state index in [0.717, 1.165) is 5.69 Å². The molecule has 0 fully saturated rings. The summed E-state index contributed by atoms with van der Waals surface area (Å²) >= 11 is 0. The fraction of sp³-hybridized carbons (Fsp3) is 0.231. The number of amides is 1. The van der Waals surface area contributed by atoms with Gasteiger partial charge < -0.3 is 9.64 Å². The SMILES string of the molecule is Cc1c(C#N)nnn1-c1ccc2c(c1)OCC(=O)N2C. The summed E-state index contributed by atoms with van der Waals surface area (Å²) in [6, 6.07) is 7.35. The van der Waals surface area contributed by atoms with Crippen LogP contribution in [0.15, 0.2) is 18.2 Å². The first-order valence-corrected chi connectivity index (χ1v) is 5.98. The molecule has 0 atom stereocenters. The van der Waals surface area contributed by atoms with Crippen LogP contribution in [0.2, 0.25) is 0 Å². The van der Waals surface area contributed by atoms with Crippen LogP contribution in [0.25, 0.3) is 5.69 Å². The van der Waals surface area contributed by atoms with Gasteiger partial charge in [-0.2, -0.15) is 5.26 Å². The number of hydrogen-bond donors (Lipinski definition) is 0. The molecule has 1 aromatic heterocycles. The zero-order chi connectivity index (χ0) is 14.3. The molecule has 100 valence electrons. The topological polar surface area (TPSA) is 84.0 Å². The van der Waals surface area contributed by atoms with E-state index in [1.165, 1.54) is 0 Å². The fourth-order valence-electron chi connectivity index (χ4n) is 2.08. The van der Waals surface area contributed by atoms with Crippen molar-refractivity contribution in [1.29, 1.82) is 5.26 Å². The van der Waals surface area contributed by atoms with E-state index in [2.05, 4.69) is 10.3 Å². The quantitative estimate of drug-likeness (QED) is 0.764. The van der Waals surface area contributed by atoms with Crippen LogP contribution in [-0.4, -0.2) is 34.6 Å². The first kappa shape index (κ1) is 12.2. The summed E-state index contributed by atoms with van der Waals surface area (Å²) in [7, 11) is 1.71. The lowest BCUT2D eigenvalue weighted by atomic mass is 10.2. The van der Waals surface area contributed by atoms with Crippen molar-refractivity contribution in [3.63, 3.8) is 0 Å². The van der Waals surface area contributed by atoms with Gasteiger partial charge in [0.2, 0.25) is 0 Å². The molecule has 0 N–H and O–H groups in total. The predicted octanol–water partition coefficient (Wildman–Crippen LogP) is 0.803. The highest BCUT2D eigenvalue weighted by Gasteiger charge is 2.23. The molecule has 1 aliphatic heterocycles. The molecular weight excluding hydrogens is 258 g/mol. The number of fused-ring (bicyclic) bond motifs is 1. The van der Waals surface area contributed by atoms with Crippen molar-refractivity contribution in [2.45, 2.75) is 6.92 Å². The van der Waals surface area contributed by atoms with Gasteiger partial charge in [-0.25, -0.2) is 4.68 Å². The minimum Gasteiger partial charge on any atom is -0.481 e. The van der Waals surface area contributed by atoms with Gasteiger partial charge in [0.05, 0.1) is 17.1 Å². The van der Waals surface area contributed by atoms with E-state index in [0.29, 0.717) is 17.1 Å². The van der Waals surface area contributed by atoms with Gasteiger partial charge in [0.1, 0.15) is 11.8 Å². The van der Waals surface area contributed by atoms with E-state index in [9.17, 15) is 4.79 Å². The summed E-state index contributed by atoms with van der Waals surface area (Å²) in [4.78, 5) is 13.1. The van der Waals surface area contributed by atoms with E-state index < -0.39 is 0 Å². The first-order valence-electron chi connectivity index (χ1n) is 5.98. The molecule has 1 amide bonds. The molecule has 0 saturated carbocycles. The minimum atomic E-state index is -0.0889. The number of anilines is 1. The molecule has 7 nitrogen and oxygen atoms in total. The maximum Gasteiger partial charge on any atom is 0.264 e. The van der Waals surface area contributed by atoms with Gasteiger partial charge in [0.25, 0.3) is 5.91 Å². The van der Waals surface area contributed by atoms with Crippen LogP contribution in [0.5, 0.6) is 5.75 Å². The molecule has 0 saturated heterocycles. The Balaban J connectivity index is 2.07. The van der Waals surface area contributed by atoms with E-state index in [-0.39, 0.29) is 18.2 Å². The summed E-state index contributed by atoms with van der Waals surface area (Å²) in [5.41, 5.74) is 2.39. The van der Waals surface area contributed by atoms with Crippen LogP contribution in [0.1, 0.15) is 11.4 Å². The monoisotopic (exact) mass is 269 g/mol. The van der Waals surface area contributed by atoms with Crippen molar-refractivity contribution in [2.24, 2.45) is 0 Å². The lowest BCUT2D eigenvalue weighted by molar-refractivity contribution is -0.120. The number of benzene rings is 1. The summed E-state index contributed by atoms with van der Waals surface area (Å²) < 4.78 is 6.99. The second-order valence-electron chi connectivity index (χ2n) is 4.44. The van der Waals surface area contributed by atoms with Crippen molar-refractivity contribution in [1.82, 2.24) is 15.0 Å². The highest BCUT2D eigenvalue weighted by atomic mass is 16.5. The number of ether oxygens (including phenoxy) is 1.